The molecule has 5 nitrogen and oxygen atoms in total. The maximum absolute atomic E-state index is 13.5. The quantitative estimate of drug-likeness (QED) is 0.585. The molecule has 1 unspecified atom stereocenters. The Morgan fingerprint density at radius 2 is 2.03 bits per heavy atom. The average molecular weight is 479 g/mol. The van der Waals surface area contributed by atoms with Gasteiger partial charge in [-0.05, 0) is 84.7 Å². The summed E-state index contributed by atoms with van der Waals surface area (Å²) in [5.74, 6) is 3.68. The number of allylic oxidation sites excluding steroid dienone is 2. The van der Waals surface area contributed by atoms with Crippen molar-refractivity contribution in [2.24, 2.45) is 5.92 Å². The van der Waals surface area contributed by atoms with Gasteiger partial charge in [0.25, 0.3) is 5.91 Å². The zero-order valence-electron chi connectivity index (χ0n) is 21.0. The summed E-state index contributed by atoms with van der Waals surface area (Å²) in [6.07, 6.45) is 10.0. The highest BCUT2D eigenvalue weighted by atomic mass is 32.3. The molecule has 1 aromatic heterocycles. The Kier molecular flexibility index (Phi) is 8.22. The molecule has 1 heterocycles. The highest BCUT2D eigenvalue weighted by molar-refractivity contribution is 8.35. The number of rotatable bonds is 7. The van der Waals surface area contributed by atoms with E-state index in [1.165, 1.54) is 0 Å². The van der Waals surface area contributed by atoms with Gasteiger partial charge < -0.3 is 10.1 Å². The van der Waals surface area contributed by atoms with Crippen LogP contribution in [0.5, 0.6) is 0 Å². The summed E-state index contributed by atoms with van der Waals surface area (Å²) in [6, 6.07) is 9.39. The largest absolute Gasteiger partial charge is 0.500 e. The zero-order chi connectivity index (χ0) is 24.9. The minimum atomic E-state index is -0.921. The van der Waals surface area contributed by atoms with Crippen molar-refractivity contribution in [3.05, 3.63) is 70.2 Å². The van der Waals surface area contributed by atoms with Gasteiger partial charge in [0.05, 0.1) is 12.7 Å². The van der Waals surface area contributed by atoms with E-state index < -0.39 is 10.0 Å². The van der Waals surface area contributed by atoms with Gasteiger partial charge in [0.15, 0.2) is 5.78 Å². The van der Waals surface area contributed by atoms with Crippen molar-refractivity contribution in [1.29, 1.82) is 0 Å². The summed E-state index contributed by atoms with van der Waals surface area (Å²) in [7, 11) is 0.705. The van der Waals surface area contributed by atoms with Gasteiger partial charge in [-0.1, -0.05) is 18.9 Å². The number of amides is 1. The summed E-state index contributed by atoms with van der Waals surface area (Å²) in [5, 5.41) is 6.25. The predicted molar refractivity (Wildman–Crippen MR) is 141 cm³/mol. The van der Waals surface area contributed by atoms with E-state index in [9.17, 15) is 9.59 Å². The van der Waals surface area contributed by atoms with Gasteiger partial charge in [-0.15, -0.1) is 0 Å². The van der Waals surface area contributed by atoms with Gasteiger partial charge >= 0.3 is 0 Å². The fraction of sp³-hybridized carbons (Fsp3) is 0.393. The molecule has 180 valence electrons. The lowest BCUT2D eigenvalue weighted by molar-refractivity contribution is -0.116. The maximum atomic E-state index is 13.5. The second-order valence-corrected chi connectivity index (χ2v) is 13.2. The number of nitrogens with zero attached hydrogens (tertiary/aromatic N) is 1. The Labute approximate surface area is 204 Å². The second-order valence-electron chi connectivity index (χ2n) is 9.27. The van der Waals surface area contributed by atoms with E-state index in [1.807, 2.05) is 6.92 Å². The SMILES string of the molecule is CCc1cc(C#CS(C)(C)C)cc(C)c1C1=C(OC)CC(CCNC(=O)c2ccccn2)C1=O. The van der Waals surface area contributed by atoms with Crippen LogP contribution in [0.3, 0.4) is 0 Å². The van der Waals surface area contributed by atoms with Crippen molar-refractivity contribution in [3.8, 4) is 11.2 Å². The number of ketones is 1. The molecule has 6 heteroatoms. The van der Waals surface area contributed by atoms with Crippen LogP contribution < -0.4 is 5.32 Å². The molecule has 0 saturated carbocycles. The number of carbonyl (C=O) groups is 2. The van der Waals surface area contributed by atoms with Gasteiger partial charge in [-0.2, -0.15) is 10.0 Å². The van der Waals surface area contributed by atoms with Crippen LogP contribution in [0.25, 0.3) is 5.57 Å². The number of hydrogen-bond acceptors (Lipinski definition) is 4. The number of ether oxygens (including phenoxy) is 1. The molecule has 34 heavy (non-hydrogen) atoms. The molecular formula is C28H34N2O3S. The topological polar surface area (TPSA) is 68.3 Å². The molecule has 3 rings (SSSR count). The molecular weight excluding hydrogens is 444 g/mol. The Morgan fingerprint density at radius 3 is 2.65 bits per heavy atom. The number of carbonyl (C=O) groups excluding carboxylic acids is 2. The van der Waals surface area contributed by atoms with E-state index in [0.717, 1.165) is 34.4 Å². The third kappa shape index (κ3) is 6.09. The van der Waals surface area contributed by atoms with Gasteiger partial charge in [0.1, 0.15) is 11.5 Å². The third-order valence-corrected chi connectivity index (χ3v) is 6.51. The molecule has 0 fully saturated rings. The summed E-state index contributed by atoms with van der Waals surface area (Å²) >= 11 is 0. The monoisotopic (exact) mass is 478 g/mol. The van der Waals surface area contributed by atoms with Crippen molar-refractivity contribution >= 4 is 27.3 Å². The highest BCUT2D eigenvalue weighted by Gasteiger charge is 2.36. The van der Waals surface area contributed by atoms with Crippen molar-refractivity contribution in [1.82, 2.24) is 10.3 Å². The molecule has 0 aliphatic heterocycles. The van der Waals surface area contributed by atoms with Gasteiger partial charge in [-0.25, -0.2) is 0 Å². The van der Waals surface area contributed by atoms with Crippen molar-refractivity contribution < 1.29 is 14.3 Å². The standard InChI is InChI=1S/C28H34N2O3S/c1-7-21-17-20(12-15-34(4,5)6)16-19(2)25(21)26-24(33-3)18-22(27(26)31)11-14-30-28(32)23-10-8-9-13-29-23/h8-10,13,16-17,22H,7,11,14,18H2,1-6H3,(H,30,32). The van der Waals surface area contributed by atoms with Gasteiger partial charge in [0.2, 0.25) is 0 Å². The van der Waals surface area contributed by atoms with E-state index in [2.05, 4.69) is 59.3 Å². The minimum Gasteiger partial charge on any atom is -0.500 e. The fourth-order valence-corrected chi connectivity index (χ4v) is 4.59. The van der Waals surface area contributed by atoms with Crippen LogP contribution in [0, 0.1) is 24.0 Å². The molecule has 2 aromatic rings. The lowest BCUT2D eigenvalue weighted by Gasteiger charge is -2.17. The minimum absolute atomic E-state index is 0.0831. The van der Waals surface area contributed by atoms with Crippen LogP contribution in [0.4, 0.5) is 0 Å². The average Bonchev–Trinajstić information content (AvgIpc) is 3.12. The number of hydrogen-bond donors (Lipinski definition) is 1. The number of benzene rings is 1. The van der Waals surface area contributed by atoms with Crippen molar-refractivity contribution in [2.75, 3.05) is 32.4 Å². The molecule has 0 radical (unpaired) electrons. The molecule has 1 aliphatic rings. The van der Waals surface area contributed by atoms with E-state index >= 15 is 0 Å². The van der Waals surface area contributed by atoms with E-state index in [4.69, 9.17) is 4.74 Å². The Morgan fingerprint density at radius 1 is 1.26 bits per heavy atom. The maximum Gasteiger partial charge on any atom is 0.269 e. The first-order valence-corrected chi connectivity index (χ1v) is 14.4. The Balaban J connectivity index is 1.80. The van der Waals surface area contributed by atoms with E-state index in [0.29, 0.717) is 30.7 Å². The number of Topliss-reactive ketones (excluding diaryl/α,β-unsaturated/α-hetero) is 1. The first kappa shape index (κ1) is 25.6. The zero-order valence-corrected chi connectivity index (χ0v) is 21.8. The first-order chi connectivity index (χ1) is 16.1. The van der Waals surface area contributed by atoms with Crippen LogP contribution in [0.2, 0.25) is 0 Å². The number of aryl methyl sites for hydroxylation is 2. The third-order valence-electron chi connectivity index (χ3n) is 5.80. The number of pyridine rings is 1. The van der Waals surface area contributed by atoms with Gasteiger partial charge in [0, 0.05) is 30.6 Å². The number of aromatic nitrogens is 1. The number of methoxy groups -OCH3 is 1. The smallest absolute Gasteiger partial charge is 0.269 e. The Hall–Kier alpha value is -3.04. The van der Waals surface area contributed by atoms with Crippen LogP contribution in [-0.2, 0) is 16.0 Å². The molecule has 1 aromatic carbocycles. The second kappa shape index (κ2) is 10.9. The highest BCUT2D eigenvalue weighted by Crippen LogP contribution is 2.40. The van der Waals surface area contributed by atoms with E-state index in [-0.39, 0.29) is 17.6 Å². The van der Waals surface area contributed by atoms with Crippen molar-refractivity contribution in [3.63, 3.8) is 0 Å². The lowest BCUT2D eigenvalue weighted by atomic mass is 9.88. The van der Waals surface area contributed by atoms with Crippen LogP contribution in [0.15, 0.2) is 42.3 Å². The molecule has 0 spiro atoms. The summed E-state index contributed by atoms with van der Waals surface area (Å²) < 4.78 is 5.69. The van der Waals surface area contributed by atoms with Crippen LogP contribution in [0.1, 0.15) is 52.5 Å². The first-order valence-electron chi connectivity index (χ1n) is 11.5. The lowest BCUT2D eigenvalue weighted by Crippen LogP contribution is -2.27. The summed E-state index contributed by atoms with van der Waals surface area (Å²) in [5.41, 5.74) is 5.15. The molecule has 1 N–H and O–H groups in total. The summed E-state index contributed by atoms with van der Waals surface area (Å²) in [6.45, 7) is 4.54. The summed E-state index contributed by atoms with van der Waals surface area (Å²) in [4.78, 5) is 29.8. The molecule has 0 saturated heterocycles. The molecule has 1 aliphatic carbocycles. The van der Waals surface area contributed by atoms with Crippen LogP contribution in [-0.4, -0.2) is 49.1 Å². The normalized spacial score (nSPS) is 16.2. The molecule has 1 atom stereocenters. The van der Waals surface area contributed by atoms with Crippen molar-refractivity contribution in [2.45, 2.75) is 33.1 Å². The number of nitrogens with one attached hydrogen (secondary N) is 1. The van der Waals surface area contributed by atoms with Gasteiger partial charge in [-0.3, -0.25) is 14.6 Å². The van der Waals surface area contributed by atoms with E-state index in [1.54, 1.807) is 31.5 Å². The Bertz CT molecular complexity index is 1170. The van der Waals surface area contributed by atoms with Crippen LogP contribution >= 0.6 is 10.0 Å². The molecule has 0 bridgehead atoms. The molecule has 1 amide bonds. The fourth-order valence-electron chi connectivity index (χ4n) is 4.17. The predicted octanol–water partition coefficient (Wildman–Crippen LogP) is 4.72.